The molecule has 0 bridgehead atoms. The molecule has 0 spiro atoms. The van der Waals surface area contributed by atoms with Gasteiger partial charge < -0.3 is 5.32 Å². The molecular weight excluding hydrogens is 241 g/mol. The molecule has 1 atom stereocenters. The van der Waals surface area contributed by atoms with Gasteiger partial charge in [0.25, 0.3) is 0 Å². The number of benzene rings is 1. The van der Waals surface area contributed by atoms with Crippen molar-refractivity contribution in [1.82, 2.24) is 5.32 Å². The summed E-state index contributed by atoms with van der Waals surface area (Å²) in [5, 5.41) is 4.87. The van der Waals surface area contributed by atoms with Crippen LogP contribution in [0.5, 0.6) is 0 Å². The Morgan fingerprint density at radius 3 is 2.38 bits per heavy atom. The van der Waals surface area contributed by atoms with Gasteiger partial charge in [-0.3, -0.25) is 0 Å². The van der Waals surface area contributed by atoms with Crippen LogP contribution in [0.1, 0.15) is 33.3 Å². The third kappa shape index (κ3) is 3.97. The molecule has 0 amide bonds. The van der Waals surface area contributed by atoms with Crippen molar-refractivity contribution in [3.63, 3.8) is 0 Å². The molecule has 1 aromatic rings. The number of hydrogen-bond acceptors (Lipinski definition) is 1. The average molecular weight is 260 g/mol. The van der Waals surface area contributed by atoms with E-state index in [4.69, 9.17) is 23.2 Å². The van der Waals surface area contributed by atoms with Gasteiger partial charge in [-0.15, -0.1) is 0 Å². The quantitative estimate of drug-likeness (QED) is 0.842. The monoisotopic (exact) mass is 259 g/mol. The van der Waals surface area contributed by atoms with Gasteiger partial charge in [-0.1, -0.05) is 50.0 Å². The average Bonchev–Trinajstić information content (AvgIpc) is 2.14. The topological polar surface area (TPSA) is 12.0 Å². The van der Waals surface area contributed by atoms with Crippen LogP contribution < -0.4 is 5.32 Å². The first-order valence-corrected chi connectivity index (χ1v) is 6.23. The summed E-state index contributed by atoms with van der Waals surface area (Å²) in [5.41, 5.74) is 1.33. The molecule has 0 heterocycles. The fourth-order valence-electron chi connectivity index (χ4n) is 1.23. The van der Waals surface area contributed by atoms with Gasteiger partial charge in [0, 0.05) is 22.6 Å². The highest BCUT2D eigenvalue weighted by atomic mass is 35.5. The second-order valence-corrected chi connectivity index (χ2v) is 6.05. The lowest BCUT2D eigenvalue weighted by molar-refractivity contribution is 0.285. The number of halogens is 2. The molecule has 0 fully saturated rings. The number of hydrogen-bond donors (Lipinski definition) is 1. The van der Waals surface area contributed by atoms with Crippen LogP contribution in [0.2, 0.25) is 10.0 Å². The van der Waals surface area contributed by atoms with Crippen LogP contribution in [0.3, 0.4) is 0 Å². The van der Waals surface area contributed by atoms with Crippen molar-refractivity contribution in [3.8, 4) is 0 Å². The normalized spacial score (nSPS) is 13.9. The molecule has 0 aromatic heterocycles. The molecule has 1 rings (SSSR count). The second-order valence-electron chi connectivity index (χ2n) is 5.20. The molecule has 1 N–H and O–H groups in total. The first-order chi connectivity index (χ1) is 7.30. The molecule has 0 saturated carbocycles. The summed E-state index contributed by atoms with van der Waals surface area (Å²) in [6.07, 6.45) is 0. The summed E-state index contributed by atoms with van der Waals surface area (Å²) in [6.45, 7) is 9.61. The van der Waals surface area contributed by atoms with Gasteiger partial charge in [0.05, 0.1) is 0 Å². The lowest BCUT2D eigenvalue weighted by atomic mass is 9.88. The first kappa shape index (κ1) is 13.8. The van der Waals surface area contributed by atoms with Crippen molar-refractivity contribution >= 4 is 23.2 Å². The van der Waals surface area contributed by atoms with E-state index < -0.39 is 0 Å². The van der Waals surface area contributed by atoms with E-state index in [2.05, 4.69) is 33.0 Å². The van der Waals surface area contributed by atoms with Crippen molar-refractivity contribution in [3.05, 3.63) is 33.8 Å². The second kappa shape index (κ2) is 5.39. The third-order valence-electron chi connectivity index (χ3n) is 2.91. The van der Waals surface area contributed by atoms with Crippen LogP contribution in [-0.4, -0.2) is 6.04 Å². The first-order valence-electron chi connectivity index (χ1n) is 5.48. The number of rotatable bonds is 3. The zero-order valence-corrected chi connectivity index (χ0v) is 11.8. The molecule has 1 nitrogen and oxygen atoms in total. The molecule has 1 unspecified atom stereocenters. The Bertz CT molecular complexity index is 355. The molecule has 3 heteroatoms. The van der Waals surface area contributed by atoms with Crippen LogP contribution in [0.25, 0.3) is 0 Å². The zero-order valence-electron chi connectivity index (χ0n) is 10.3. The zero-order chi connectivity index (χ0) is 12.3. The highest BCUT2D eigenvalue weighted by Crippen LogP contribution is 2.23. The summed E-state index contributed by atoms with van der Waals surface area (Å²) >= 11 is 12.0. The Balaban J connectivity index is 2.62. The van der Waals surface area contributed by atoms with Gasteiger partial charge in [0.2, 0.25) is 0 Å². The summed E-state index contributed by atoms with van der Waals surface area (Å²) in [4.78, 5) is 0. The summed E-state index contributed by atoms with van der Waals surface area (Å²) in [5.74, 6) is 0. The maximum atomic E-state index is 6.10. The molecule has 0 radical (unpaired) electrons. The highest BCUT2D eigenvalue weighted by Gasteiger charge is 2.19. The van der Waals surface area contributed by atoms with Gasteiger partial charge in [-0.25, -0.2) is 0 Å². The third-order valence-corrected chi connectivity index (χ3v) is 3.50. The predicted octanol–water partition coefficient (Wildman–Crippen LogP) is 4.52. The van der Waals surface area contributed by atoms with Gasteiger partial charge in [0.15, 0.2) is 0 Å². The molecule has 0 aliphatic heterocycles. The Kier molecular flexibility index (Phi) is 4.66. The van der Waals surface area contributed by atoms with E-state index in [9.17, 15) is 0 Å². The van der Waals surface area contributed by atoms with Crippen molar-refractivity contribution in [2.24, 2.45) is 5.41 Å². The number of nitrogens with one attached hydrogen (secondary N) is 1. The molecule has 0 aliphatic rings. The maximum absolute atomic E-state index is 6.10. The molecule has 90 valence electrons. The lowest BCUT2D eigenvalue weighted by Crippen LogP contribution is -2.37. The SMILES string of the molecule is CC(NCc1ccc(Cl)cc1Cl)C(C)(C)C. The largest absolute Gasteiger partial charge is 0.310 e. The molecule has 16 heavy (non-hydrogen) atoms. The minimum absolute atomic E-state index is 0.249. The summed E-state index contributed by atoms with van der Waals surface area (Å²) < 4.78 is 0. The lowest BCUT2D eigenvalue weighted by Gasteiger charge is -2.28. The Morgan fingerprint density at radius 1 is 1.25 bits per heavy atom. The standard InChI is InChI=1S/C13H19Cl2N/c1-9(13(2,3)4)16-8-10-5-6-11(14)7-12(10)15/h5-7,9,16H,8H2,1-4H3. The van der Waals surface area contributed by atoms with Crippen LogP contribution in [0.4, 0.5) is 0 Å². The van der Waals surface area contributed by atoms with Crippen molar-refractivity contribution in [1.29, 1.82) is 0 Å². The van der Waals surface area contributed by atoms with E-state index in [1.54, 1.807) is 6.07 Å². The molecule has 0 saturated heterocycles. The van der Waals surface area contributed by atoms with Crippen molar-refractivity contribution in [2.75, 3.05) is 0 Å². The minimum atomic E-state index is 0.249. The van der Waals surface area contributed by atoms with E-state index in [1.165, 1.54) is 0 Å². The Hall–Kier alpha value is -0.240. The van der Waals surface area contributed by atoms with E-state index in [1.807, 2.05) is 12.1 Å². The highest BCUT2D eigenvalue weighted by molar-refractivity contribution is 6.35. The fourth-order valence-corrected chi connectivity index (χ4v) is 1.71. The summed E-state index contributed by atoms with van der Waals surface area (Å²) in [7, 11) is 0. The van der Waals surface area contributed by atoms with Crippen LogP contribution >= 0.6 is 23.2 Å². The van der Waals surface area contributed by atoms with Crippen LogP contribution in [0.15, 0.2) is 18.2 Å². The van der Waals surface area contributed by atoms with Crippen LogP contribution in [0, 0.1) is 5.41 Å². The Labute approximate surface area is 108 Å². The maximum Gasteiger partial charge on any atom is 0.0465 e. The Morgan fingerprint density at radius 2 is 1.88 bits per heavy atom. The van der Waals surface area contributed by atoms with E-state index in [-0.39, 0.29) is 5.41 Å². The van der Waals surface area contributed by atoms with Crippen LogP contribution in [-0.2, 0) is 6.54 Å². The molecule has 0 aliphatic carbocycles. The molecular formula is C13H19Cl2N. The fraction of sp³-hybridized carbons (Fsp3) is 0.538. The van der Waals surface area contributed by atoms with Gasteiger partial charge in [0.1, 0.15) is 0 Å². The van der Waals surface area contributed by atoms with Gasteiger partial charge >= 0.3 is 0 Å². The smallest absolute Gasteiger partial charge is 0.0465 e. The minimum Gasteiger partial charge on any atom is -0.310 e. The summed E-state index contributed by atoms with van der Waals surface area (Å²) in [6, 6.07) is 6.04. The van der Waals surface area contributed by atoms with Gasteiger partial charge in [-0.2, -0.15) is 0 Å². The van der Waals surface area contributed by atoms with Crippen molar-refractivity contribution < 1.29 is 0 Å². The van der Waals surface area contributed by atoms with E-state index in [0.717, 1.165) is 17.1 Å². The van der Waals surface area contributed by atoms with E-state index >= 15 is 0 Å². The van der Waals surface area contributed by atoms with Gasteiger partial charge in [-0.05, 0) is 30.0 Å². The molecule has 1 aromatic carbocycles. The van der Waals surface area contributed by atoms with E-state index in [0.29, 0.717) is 11.1 Å². The van der Waals surface area contributed by atoms with Crippen molar-refractivity contribution in [2.45, 2.75) is 40.3 Å². The predicted molar refractivity (Wildman–Crippen MR) is 72.2 cm³/mol.